The molecule has 0 N–H and O–H groups in total. The normalized spacial score (nSPS) is 22.9. The minimum atomic E-state index is 0.571. The predicted molar refractivity (Wildman–Crippen MR) is 88.9 cm³/mol. The quantitative estimate of drug-likeness (QED) is 0.591. The second-order valence-corrected chi connectivity index (χ2v) is 5.71. The molecular formula is C20H28. The van der Waals surface area contributed by atoms with Crippen LogP contribution in [0.25, 0.3) is 0 Å². The van der Waals surface area contributed by atoms with E-state index in [0.29, 0.717) is 11.8 Å². The van der Waals surface area contributed by atoms with Crippen LogP contribution in [0.1, 0.15) is 64.9 Å². The minimum Gasteiger partial charge on any atom is -0.0729 e. The van der Waals surface area contributed by atoms with Crippen LogP contribution in [0.3, 0.4) is 0 Å². The second kappa shape index (κ2) is 6.92. The molecule has 0 bridgehead atoms. The van der Waals surface area contributed by atoms with Crippen LogP contribution < -0.4 is 0 Å². The lowest BCUT2D eigenvalue weighted by Gasteiger charge is -2.34. The lowest BCUT2D eigenvalue weighted by Crippen LogP contribution is -2.20. The molecule has 20 heavy (non-hydrogen) atoms. The van der Waals surface area contributed by atoms with Crippen LogP contribution in [0.5, 0.6) is 0 Å². The van der Waals surface area contributed by atoms with Crippen molar-refractivity contribution in [3.63, 3.8) is 0 Å². The molecule has 1 aromatic rings. The third kappa shape index (κ3) is 2.75. The van der Waals surface area contributed by atoms with Crippen LogP contribution >= 0.6 is 0 Å². The number of rotatable bonds is 5. The van der Waals surface area contributed by atoms with E-state index in [0.717, 1.165) is 6.42 Å². The zero-order valence-corrected chi connectivity index (χ0v) is 13.4. The van der Waals surface area contributed by atoms with E-state index in [2.05, 4.69) is 64.1 Å². The number of allylic oxidation sites excluding steroid dienone is 4. The van der Waals surface area contributed by atoms with E-state index in [1.165, 1.54) is 24.8 Å². The van der Waals surface area contributed by atoms with Gasteiger partial charge in [-0.1, -0.05) is 69.7 Å². The van der Waals surface area contributed by atoms with Crippen LogP contribution in [0, 0.1) is 5.92 Å². The third-order valence-electron chi connectivity index (χ3n) is 4.78. The Bertz CT molecular complexity index is 490. The van der Waals surface area contributed by atoms with Gasteiger partial charge >= 0.3 is 0 Å². The Morgan fingerprint density at radius 3 is 2.05 bits per heavy atom. The summed E-state index contributed by atoms with van der Waals surface area (Å²) >= 11 is 0. The molecular weight excluding hydrogens is 240 g/mol. The SMILES string of the molecule is CCC1=C[C@H](c2ccccc2)[C@H](CC)C(CC)=C1CC. The van der Waals surface area contributed by atoms with E-state index in [4.69, 9.17) is 0 Å². The molecule has 0 amide bonds. The van der Waals surface area contributed by atoms with E-state index in [1.54, 1.807) is 16.7 Å². The van der Waals surface area contributed by atoms with Crippen molar-refractivity contribution in [2.75, 3.05) is 0 Å². The lowest BCUT2D eigenvalue weighted by atomic mass is 9.70. The van der Waals surface area contributed by atoms with Crippen LogP contribution in [-0.4, -0.2) is 0 Å². The Labute approximate surface area is 124 Å². The van der Waals surface area contributed by atoms with Crippen molar-refractivity contribution in [3.05, 3.63) is 58.7 Å². The van der Waals surface area contributed by atoms with Crippen molar-refractivity contribution >= 4 is 0 Å². The van der Waals surface area contributed by atoms with E-state index in [9.17, 15) is 0 Å². The van der Waals surface area contributed by atoms with Crippen LogP contribution in [0.2, 0.25) is 0 Å². The summed E-state index contributed by atoms with van der Waals surface area (Å²) in [5, 5.41) is 0. The fourth-order valence-corrected chi connectivity index (χ4v) is 3.85. The predicted octanol–water partition coefficient (Wildman–Crippen LogP) is 6.26. The molecule has 0 saturated heterocycles. The van der Waals surface area contributed by atoms with E-state index in [-0.39, 0.29) is 0 Å². The molecule has 0 heterocycles. The first-order valence-corrected chi connectivity index (χ1v) is 8.24. The first-order chi connectivity index (χ1) is 9.76. The fraction of sp³-hybridized carbons (Fsp3) is 0.500. The molecule has 2 rings (SSSR count). The van der Waals surface area contributed by atoms with Crippen molar-refractivity contribution in [2.24, 2.45) is 5.92 Å². The summed E-state index contributed by atoms with van der Waals surface area (Å²) < 4.78 is 0. The van der Waals surface area contributed by atoms with Gasteiger partial charge in [-0.05, 0) is 48.3 Å². The molecule has 108 valence electrons. The van der Waals surface area contributed by atoms with E-state index >= 15 is 0 Å². The lowest BCUT2D eigenvalue weighted by molar-refractivity contribution is 0.501. The number of benzene rings is 1. The summed E-state index contributed by atoms with van der Waals surface area (Å²) in [5.41, 5.74) is 6.42. The van der Waals surface area contributed by atoms with Gasteiger partial charge in [0.05, 0.1) is 0 Å². The molecule has 2 atom stereocenters. The average Bonchev–Trinajstić information content (AvgIpc) is 2.53. The largest absolute Gasteiger partial charge is 0.0729 e. The van der Waals surface area contributed by atoms with Gasteiger partial charge < -0.3 is 0 Å². The summed E-state index contributed by atoms with van der Waals surface area (Å²) in [6, 6.07) is 11.0. The zero-order chi connectivity index (χ0) is 14.5. The fourth-order valence-electron chi connectivity index (χ4n) is 3.85. The first kappa shape index (κ1) is 15.1. The number of hydrogen-bond acceptors (Lipinski definition) is 0. The molecule has 0 fully saturated rings. The van der Waals surface area contributed by atoms with E-state index < -0.39 is 0 Å². The number of hydrogen-bond donors (Lipinski definition) is 0. The summed E-state index contributed by atoms with van der Waals surface area (Å²) in [6.07, 6.45) is 7.33. The summed E-state index contributed by atoms with van der Waals surface area (Å²) in [6.45, 7) is 9.27. The van der Waals surface area contributed by atoms with Gasteiger partial charge in [-0.3, -0.25) is 0 Å². The van der Waals surface area contributed by atoms with Crippen molar-refractivity contribution in [3.8, 4) is 0 Å². The maximum atomic E-state index is 2.56. The molecule has 1 aromatic carbocycles. The van der Waals surface area contributed by atoms with Crippen molar-refractivity contribution in [2.45, 2.75) is 59.3 Å². The standard InChI is InChI=1S/C20H28/c1-5-15-14-20(16-12-10-9-11-13-16)19(8-4)18(7-3)17(15)6-2/h9-14,19-20H,5-8H2,1-4H3/t19-,20-/m1/s1. The highest BCUT2D eigenvalue weighted by Crippen LogP contribution is 2.44. The second-order valence-electron chi connectivity index (χ2n) is 5.71. The van der Waals surface area contributed by atoms with Crippen molar-refractivity contribution in [1.29, 1.82) is 0 Å². The molecule has 1 aliphatic rings. The topological polar surface area (TPSA) is 0 Å². The van der Waals surface area contributed by atoms with Gasteiger partial charge in [-0.25, -0.2) is 0 Å². The Hall–Kier alpha value is -1.30. The zero-order valence-electron chi connectivity index (χ0n) is 13.4. The maximum absolute atomic E-state index is 2.56. The Kier molecular flexibility index (Phi) is 5.23. The maximum Gasteiger partial charge on any atom is 0.00894 e. The molecule has 1 aliphatic carbocycles. The molecule has 0 unspecified atom stereocenters. The molecule has 0 saturated carbocycles. The van der Waals surface area contributed by atoms with Gasteiger partial charge in [0, 0.05) is 5.92 Å². The monoisotopic (exact) mass is 268 g/mol. The first-order valence-electron chi connectivity index (χ1n) is 8.24. The summed E-state index contributed by atoms with van der Waals surface area (Å²) in [7, 11) is 0. The molecule has 0 nitrogen and oxygen atoms in total. The highest BCUT2D eigenvalue weighted by molar-refractivity contribution is 5.45. The van der Waals surface area contributed by atoms with Gasteiger partial charge in [0.25, 0.3) is 0 Å². The van der Waals surface area contributed by atoms with Gasteiger partial charge in [0.2, 0.25) is 0 Å². The molecule has 0 radical (unpaired) electrons. The van der Waals surface area contributed by atoms with Crippen molar-refractivity contribution < 1.29 is 0 Å². The Morgan fingerprint density at radius 1 is 0.850 bits per heavy atom. The Morgan fingerprint density at radius 2 is 1.55 bits per heavy atom. The highest BCUT2D eigenvalue weighted by Gasteiger charge is 2.29. The van der Waals surface area contributed by atoms with Gasteiger partial charge in [-0.15, -0.1) is 0 Å². The van der Waals surface area contributed by atoms with Gasteiger partial charge in [0.15, 0.2) is 0 Å². The smallest absolute Gasteiger partial charge is 0.00894 e. The van der Waals surface area contributed by atoms with Gasteiger partial charge in [0.1, 0.15) is 0 Å². The average molecular weight is 268 g/mol. The van der Waals surface area contributed by atoms with Crippen LogP contribution in [0.4, 0.5) is 0 Å². The summed E-state index contributed by atoms with van der Waals surface area (Å²) in [4.78, 5) is 0. The van der Waals surface area contributed by atoms with Crippen LogP contribution in [-0.2, 0) is 0 Å². The summed E-state index contributed by atoms with van der Waals surface area (Å²) in [5.74, 6) is 1.26. The Balaban J connectivity index is 2.49. The highest BCUT2D eigenvalue weighted by atomic mass is 14.3. The van der Waals surface area contributed by atoms with E-state index in [1.807, 2.05) is 0 Å². The van der Waals surface area contributed by atoms with Crippen molar-refractivity contribution in [1.82, 2.24) is 0 Å². The van der Waals surface area contributed by atoms with Crippen LogP contribution in [0.15, 0.2) is 53.1 Å². The molecule has 0 aromatic heterocycles. The third-order valence-corrected chi connectivity index (χ3v) is 4.78. The molecule has 0 aliphatic heterocycles. The minimum absolute atomic E-state index is 0.571. The molecule has 0 spiro atoms. The van der Waals surface area contributed by atoms with Gasteiger partial charge in [-0.2, -0.15) is 0 Å². The molecule has 0 heteroatoms.